The average molecular weight is 283 g/mol. The largest absolute Gasteiger partial charge is 0.480 e. The van der Waals surface area contributed by atoms with Gasteiger partial charge in [0.05, 0.1) is 6.54 Å². The Bertz CT molecular complexity index is 371. The Balaban J connectivity index is 1.85. The zero-order valence-electron chi connectivity index (χ0n) is 12.4. The van der Waals surface area contributed by atoms with E-state index in [9.17, 15) is 9.59 Å². The van der Waals surface area contributed by atoms with Gasteiger partial charge >= 0.3 is 12.0 Å². The molecule has 0 bridgehead atoms. The van der Waals surface area contributed by atoms with Crippen molar-refractivity contribution in [3.8, 4) is 0 Å². The summed E-state index contributed by atoms with van der Waals surface area (Å²) in [6, 6.07) is 0.391. The van der Waals surface area contributed by atoms with Crippen LogP contribution in [0, 0.1) is 5.92 Å². The number of carboxylic acids is 1. The number of carboxylic acid groups (broad SMARTS) is 1. The molecule has 0 aromatic carbocycles. The van der Waals surface area contributed by atoms with Gasteiger partial charge in [0.25, 0.3) is 0 Å². The zero-order chi connectivity index (χ0) is 14.7. The van der Waals surface area contributed by atoms with Crippen molar-refractivity contribution in [2.24, 2.45) is 5.92 Å². The molecule has 1 saturated heterocycles. The lowest BCUT2D eigenvalue weighted by Gasteiger charge is -2.31. The van der Waals surface area contributed by atoms with E-state index in [1.165, 1.54) is 12.8 Å². The van der Waals surface area contributed by atoms with Crippen LogP contribution in [0.1, 0.15) is 26.2 Å². The number of carbonyl (C=O) groups is 2. The van der Waals surface area contributed by atoms with Gasteiger partial charge in [0, 0.05) is 39.3 Å². The number of rotatable bonds is 4. The quantitative estimate of drug-likeness (QED) is 0.833. The van der Waals surface area contributed by atoms with Crippen LogP contribution in [0.3, 0.4) is 0 Å². The molecule has 0 aromatic rings. The van der Waals surface area contributed by atoms with Crippen LogP contribution in [0.5, 0.6) is 0 Å². The van der Waals surface area contributed by atoms with Crippen molar-refractivity contribution in [3.05, 3.63) is 0 Å². The molecule has 2 amide bonds. The Morgan fingerprint density at radius 2 is 1.95 bits per heavy atom. The van der Waals surface area contributed by atoms with Gasteiger partial charge < -0.3 is 14.9 Å². The number of hydrogen-bond donors (Lipinski definition) is 1. The van der Waals surface area contributed by atoms with Gasteiger partial charge in [0.15, 0.2) is 0 Å². The molecule has 1 aliphatic carbocycles. The Hall–Kier alpha value is -1.30. The summed E-state index contributed by atoms with van der Waals surface area (Å²) in [5.41, 5.74) is 0. The lowest BCUT2D eigenvalue weighted by Crippen LogP contribution is -2.47. The molecular weight excluding hydrogens is 258 g/mol. The summed E-state index contributed by atoms with van der Waals surface area (Å²) < 4.78 is 0. The Morgan fingerprint density at radius 1 is 1.25 bits per heavy atom. The molecular formula is C14H25N3O3. The predicted molar refractivity (Wildman–Crippen MR) is 75.6 cm³/mol. The highest BCUT2D eigenvalue weighted by Gasteiger charge is 2.34. The fourth-order valence-electron chi connectivity index (χ4n) is 2.80. The fourth-order valence-corrected chi connectivity index (χ4v) is 2.80. The van der Waals surface area contributed by atoms with E-state index < -0.39 is 5.97 Å². The van der Waals surface area contributed by atoms with E-state index in [1.54, 1.807) is 0 Å². The summed E-state index contributed by atoms with van der Waals surface area (Å²) in [5, 5.41) is 8.83. The minimum atomic E-state index is -0.802. The highest BCUT2D eigenvalue weighted by Crippen LogP contribution is 2.34. The minimum absolute atomic E-state index is 0.0658. The summed E-state index contributed by atoms with van der Waals surface area (Å²) in [4.78, 5) is 28.8. The number of urea groups is 1. The molecule has 20 heavy (non-hydrogen) atoms. The Morgan fingerprint density at radius 3 is 2.55 bits per heavy atom. The van der Waals surface area contributed by atoms with Crippen LogP contribution in [0.15, 0.2) is 0 Å². The second kappa shape index (κ2) is 6.43. The minimum Gasteiger partial charge on any atom is -0.480 e. The second-order valence-electron chi connectivity index (χ2n) is 5.98. The highest BCUT2D eigenvalue weighted by atomic mass is 16.4. The van der Waals surface area contributed by atoms with Crippen molar-refractivity contribution < 1.29 is 14.7 Å². The number of nitrogens with zero attached hydrogens (tertiary/aromatic N) is 3. The number of carbonyl (C=O) groups excluding carboxylic acids is 1. The van der Waals surface area contributed by atoms with Gasteiger partial charge in [-0.15, -0.1) is 0 Å². The summed E-state index contributed by atoms with van der Waals surface area (Å²) >= 11 is 0. The maximum atomic E-state index is 12.5. The van der Waals surface area contributed by atoms with Gasteiger partial charge in [-0.1, -0.05) is 0 Å². The SMILES string of the molecule is CC(C1CC1)N(C)C(=O)N1CCCN(CC(=O)O)CC1. The number of amides is 2. The van der Waals surface area contributed by atoms with E-state index in [1.807, 2.05) is 21.7 Å². The first-order chi connectivity index (χ1) is 9.49. The third kappa shape index (κ3) is 3.85. The molecule has 6 nitrogen and oxygen atoms in total. The Kier molecular flexibility index (Phi) is 4.86. The molecule has 1 heterocycles. The van der Waals surface area contributed by atoms with Crippen LogP contribution in [-0.2, 0) is 4.79 Å². The van der Waals surface area contributed by atoms with Crippen molar-refractivity contribution >= 4 is 12.0 Å². The molecule has 2 fully saturated rings. The first kappa shape index (κ1) is 15.1. The smallest absolute Gasteiger partial charge is 0.320 e. The van der Waals surface area contributed by atoms with Crippen molar-refractivity contribution in [1.82, 2.24) is 14.7 Å². The molecule has 0 aromatic heterocycles. The second-order valence-corrected chi connectivity index (χ2v) is 5.98. The summed E-state index contributed by atoms with van der Waals surface area (Å²) in [5.74, 6) is -0.135. The standard InChI is InChI=1S/C14H25N3O3/c1-11(12-4-5-12)15(2)14(20)17-7-3-6-16(8-9-17)10-13(18)19/h11-12H,3-10H2,1-2H3,(H,18,19). The molecule has 1 atom stereocenters. The van der Waals surface area contributed by atoms with Crippen LogP contribution < -0.4 is 0 Å². The van der Waals surface area contributed by atoms with E-state index in [4.69, 9.17) is 5.11 Å². The molecule has 1 aliphatic heterocycles. The van der Waals surface area contributed by atoms with Crippen molar-refractivity contribution in [2.45, 2.75) is 32.2 Å². The van der Waals surface area contributed by atoms with Crippen LogP contribution in [-0.4, -0.2) is 77.6 Å². The lowest BCUT2D eigenvalue weighted by molar-refractivity contribution is -0.138. The van der Waals surface area contributed by atoms with Gasteiger partial charge in [-0.2, -0.15) is 0 Å². The van der Waals surface area contributed by atoms with Crippen LogP contribution in [0.25, 0.3) is 0 Å². The molecule has 2 rings (SSSR count). The summed E-state index contributed by atoms with van der Waals surface area (Å²) in [6.07, 6.45) is 3.29. The van der Waals surface area contributed by atoms with Crippen molar-refractivity contribution in [2.75, 3.05) is 39.8 Å². The van der Waals surface area contributed by atoms with E-state index in [0.29, 0.717) is 25.0 Å². The summed E-state index contributed by atoms with van der Waals surface area (Å²) in [6.45, 7) is 4.91. The molecule has 1 saturated carbocycles. The monoisotopic (exact) mass is 283 g/mol. The van der Waals surface area contributed by atoms with Gasteiger partial charge in [-0.05, 0) is 32.1 Å². The third-order valence-electron chi connectivity index (χ3n) is 4.43. The molecule has 1 unspecified atom stereocenters. The van der Waals surface area contributed by atoms with E-state index in [-0.39, 0.29) is 12.6 Å². The van der Waals surface area contributed by atoms with Gasteiger partial charge in [0.1, 0.15) is 0 Å². The van der Waals surface area contributed by atoms with E-state index in [2.05, 4.69) is 6.92 Å². The molecule has 1 N–H and O–H groups in total. The third-order valence-corrected chi connectivity index (χ3v) is 4.43. The Labute approximate surface area is 120 Å². The lowest BCUT2D eigenvalue weighted by atomic mass is 10.2. The van der Waals surface area contributed by atoms with Crippen molar-refractivity contribution in [1.29, 1.82) is 0 Å². The molecule has 6 heteroatoms. The first-order valence-electron chi connectivity index (χ1n) is 7.45. The summed E-state index contributed by atoms with van der Waals surface area (Å²) in [7, 11) is 1.88. The van der Waals surface area contributed by atoms with E-state index >= 15 is 0 Å². The van der Waals surface area contributed by atoms with E-state index in [0.717, 1.165) is 19.5 Å². The van der Waals surface area contributed by atoms with Crippen LogP contribution in [0.2, 0.25) is 0 Å². The van der Waals surface area contributed by atoms with Crippen LogP contribution >= 0.6 is 0 Å². The highest BCUT2D eigenvalue weighted by molar-refractivity contribution is 5.74. The number of hydrogen-bond acceptors (Lipinski definition) is 3. The van der Waals surface area contributed by atoms with Crippen LogP contribution in [0.4, 0.5) is 4.79 Å². The van der Waals surface area contributed by atoms with Crippen molar-refractivity contribution in [3.63, 3.8) is 0 Å². The molecule has 0 radical (unpaired) electrons. The maximum Gasteiger partial charge on any atom is 0.320 e. The zero-order valence-corrected chi connectivity index (χ0v) is 12.4. The topological polar surface area (TPSA) is 64.1 Å². The molecule has 0 spiro atoms. The molecule has 114 valence electrons. The van der Waals surface area contributed by atoms with Gasteiger partial charge in [-0.25, -0.2) is 4.79 Å². The predicted octanol–water partition coefficient (Wildman–Crippen LogP) is 0.929. The maximum absolute atomic E-state index is 12.5. The van der Waals surface area contributed by atoms with Gasteiger partial charge in [-0.3, -0.25) is 9.69 Å². The first-order valence-corrected chi connectivity index (χ1v) is 7.45. The normalized spacial score (nSPS) is 22.2. The molecule has 2 aliphatic rings. The average Bonchev–Trinajstić information content (AvgIpc) is 3.22. The number of aliphatic carboxylic acids is 1. The fraction of sp³-hybridized carbons (Fsp3) is 0.857. The van der Waals surface area contributed by atoms with Gasteiger partial charge in [0.2, 0.25) is 0 Å².